The molecule has 23 nitrogen and oxygen atoms in total. The van der Waals surface area contributed by atoms with Gasteiger partial charge in [0.05, 0.1) is 63.8 Å². The zero-order valence-electron chi connectivity index (χ0n) is 52.1. The first kappa shape index (κ1) is 65.4. The number of amides is 8. The van der Waals surface area contributed by atoms with E-state index >= 15 is 4.79 Å². The fourth-order valence-electron chi connectivity index (χ4n) is 13.0. The molecule has 3 aromatic rings. The van der Waals surface area contributed by atoms with E-state index in [4.69, 9.17) is 26.8 Å². The van der Waals surface area contributed by atoms with Crippen LogP contribution in [0.2, 0.25) is 5.02 Å². The van der Waals surface area contributed by atoms with Crippen LogP contribution in [0.4, 0.5) is 4.79 Å². The van der Waals surface area contributed by atoms with E-state index in [2.05, 4.69) is 26.4 Å². The number of carbonyl (C=O) groups is 8. The maximum absolute atomic E-state index is 15.3. The fourth-order valence-corrected chi connectivity index (χ4v) is 14.1. The number of ether oxygens (including phenoxy) is 2. The van der Waals surface area contributed by atoms with E-state index in [0.29, 0.717) is 55.8 Å². The van der Waals surface area contributed by atoms with Crippen LogP contribution in [0.3, 0.4) is 0 Å². The monoisotopic (exact) mass is 1250 g/mol. The number of benzene rings is 2. The Balaban J connectivity index is 0.818. The Morgan fingerprint density at radius 3 is 2.34 bits per heavy atom. The lowest BCUT2D eigenvalue weighted by atomic mass is 9.82. The van der Waals surface area contributed by atoms with E-state index in [1.54, 1.807) is 38.2 Å². The van der Waals surface area contributed by atoms with Gasteiger partial charge in [0.1, 0.15) is 42.1 Å². The Kier molecular flexibility index (Phi) is 20.4. The smallest absolute Gasteiger partial charge is 0.408 e. The second-order valence-corrected chi connectivity index (χ2v) is 27.4. The minimum Gasteiger partial charge on any atom is -0.490 e. The van der Waals surface area contributed by atoms with Crippen molar-refractivity contribution >= 4 is 70.4 Å². The van der Waals surface area contributed by atoms with E-state index in [1.807, 2.05) is 91.7 Å². The van der Waals surface area contributed by atoms with Crippen LogP contribution in [0.15, 0.2) is 59.4 Å². The Labute approximate surface area is 524 Å². The maximum atomic E-state index is 15.3. The van der Waals surface area contributed by atoms with Gasteiger partial charge in [0.15, 0.2) is 0 Å². The predicted octanol–water partition coefficient (Wildman–Crippen LogP) is 5.48. The molecule has 4 saturated heterocycles. The van der Waals surface area contributed by atoms with Crippen LogP contribution in [0.1, 0.15) is 142 Å². The number of nitrogens with zero attached hydrogens (tertiary/aromatic N) is 7. The van der Waals surface area contributed by atoms with Gasteiger partial charge in [-0.15, -0.1) is 16.5 Å². The normalized spacial score (nSPS) is 23.7. The lowest BCUT2D eigenvalue weighted by molar-refractivity contribution is -0.154. The molecule has 0 bridgehead atoms. The zero-order valence-corrected chi connectivity index (χ0v) is 53.6. The highest BCUT2D eigenvalue weighted by Gasteiger charge is 2.55. The highest BCUT2D eigenvalue weighted by molar-refractivity contribution is 7.13. The second kappa shape index (κ2) is 27.4. The number of allylic oxidation sites excluding steroid dienone is 1. The average Bonchev–Trinajstić information content (AvgIpc) is 1.63. The average molecular weight is 1260 g/mol. The number of fused-ring (bicyclic) bond motifs is 2. The highest BCUT2D eigenvalue weighted by atomic mass is 35.5. The van der Waals surface area contributed by atoms with Crippen molar-refractivity contribution in [1.29, 1.82) is 0 Å². The molecule has 1 aromatic heterocycles. The van der Waals surface area contributed by atoms with Crippen molar-refractivity contribution in [2.45, 2.75) is 186 Å². The van der Waals surface area contributed by atoms with Crippen LogP contribution in [-0.4, -0.2) is 182 Å². The van der Waals surface area contributed by atoms with E-state index in [-0.39, 0.29) is 100 Å². The van der Waals surface area contributed by atoms with Crippen LogP contribution in [0.5, 0.6) is 5.75 Å². The lowest BCUT2D eigenvalue weighted by Crippen LogP contribution is -2.61. The number of alkyl carbamates (subject to hydrolysis) is 1. The van der Waals surface area contributed by atoms with Crippen LogP contribution in [-0.2, 0) is 44.7 Å². The number of hydrazine groups is 2. The standard InChI is InChI=1S/C63H87ClN12O11S/c1-36(39-17-21-42(22-18-39)55-37(2)66-35-88-55)67-58(82)48-29-45(78)30-74(48)60(84)56-63(7,8)34-73(32-49-54(41-19-20-41)70-71(9)76(49)56)52(80)16-11-10-13-40-14-12-15-50(53(40)64)86-33-43(23-26-51(65)79)68-57(81)47-25-24-44-27-28-72(38(3)77)31-46(59(83)75(44)47)69-61(85)87-62(4,5)6/h12,14-15,17-18,21-22,35-36,41,43-48,56,70,78H,10-11,13,16,19-20,23-34H2,1-9H3,(H2,65,79)(H,67,82)(H,68,81)(H,69,85)/t36-,43-,44+,45+,46?,47-,48-,56+/m0/s1. The van der Waals surface area contributed by atoms with Gasteiger partial charge in [0.25, 0.3) is 0 Å². The molecule has 9 rings (SSSR count). The third kappa shape index (κ3) is 15.3. The van der Waals surface area contributed by atoms with Crippen molar-refractivity contribution in [1.82, 2.24) is 56.1 Å². The summed E-state index contributed by atoms with van der Waals surface area (Å²) < 4.78 is 11.7. The summed E-state index contributed by atoms with van der Waals surface area (Å²) in [7, 11) is 1.87. The van der Waals surface area contributed by atoms with Crippen molar-refractivity contribution in [2.75, 3.05) is 46.4 Å². The van der Waals surface area contributed by atoms with E-state index < -0.39 is 71.1 Å². The number of hydrogen-bond acceptors (Lipinski definition) is 16. The first-order chi connectivity index (χ1) is 41.7. The van der Waals surface area contributed by atoms with Crippen molar-refractivity contribution in [3.63, 3.8) is 0 Å². The molecule has 5 aliphatic heterocycles. The predicted molar refractivity (Wildman–Crippen MR) is 330 cm³/mol. The van der Waals surface area contributed by atoms with Gasteiger partial charge in [-0.3, -0.25) is 38.6 Å². The summed E-state index contributed by atoms with van der Waals surface area (Å²) in [4.78, 5) is 122. The molecule has 25 heteroatoms. The van der Waals surface area contributed by atoms with Gasteiger partial charge in [-0.05, 0) is 115 Å². The molecule has 6 aliphatic rings. The molecule has 5 fully saturated rings. The summed E-state index contributed by atoms with van der Waals surface area (Å²) in [6.07, 6.45) is 3.53. The molecule has 1 saturated carbocycles. The van der Waals surface area contributed by atoms with Crippen molar-refractivity contribution in [3.8, 4) is 16.2 Å². The summed E-state index contributed by atoms with van der Waals surface area (Å²) in [5.41, 5.74) is 14.7. The number of aryl methyl sites for hydroxylation is 2. The van der Waals surface area contributed by atoms with Crippen LogP contribution < -0.4 is 31.8 Å². The van der Waals surface area contributed by atoms with Gasteiger partial charge >= 0.3 is 6.09 Å². The Morgan fingerprint density at radius 1 is 0.943 bits per heavy atom. The van der Waals surface area contributed by atoms with E-state index in [9.17, 15) is 38.7 Å². The molecule has 1 aliphatic carbocycles. The molecular formula is C63H87ClN12O11S. The second-order valence-electron chi connectivity index (χ2n) is 26.2. The molecule has 8 amide bonds. The zero-order chi connectivity index (χ0) is 63.5. The summed E-state index contributed by atoms with van der Waals surface area (Å²) in [6, 6.07) is 8.10. The topological polar surface area (TPSA) is 282 Å². The Hall–Kier alpha value is -7.02. The number of β-amino-alcohol motifs (C(OH)–C–C–N with tert-alkyl or cyclic N) is 1. The number of primary amides is 1. The van der Waals surface area contributed by atoms with Gasteiger partial charge in [-0.2, -0.15) is 0 Å². The largest absolute Gasteiger partial charge is 0.490 e. The minimum absolute atomic E-state index is 0.00666. The molecule has 1 unspecified atom stereocenters. The molecule has 7 N–H and O–H groups in total. The molecule has 478 valence electrons. The minimum atomic E-state index is -1.17. The molecule has 6 heterocycles. The Morgan fingerprint density at radius 2 is 1.67 bits per heavy atom. The lowest BCUT2D eigenvalue weighted by Gasteiger charge is -2.43. The van der Waals surface area contributed by atoms with Crippen molar-refractivity contribution < 1.29 is 52.9 Å². The third-order valence-corrected chi connectivity index (χ3v) is 19.0. The number of aromatic nitrogens is 1. The van der Waals surface area contributed by atoms with Crippen molar-refractivity contribution in [3.05, 3.63) is 81.2 Å². The third-order valence-electron chi connectivity index (χ3n) is 17.6. The van der Waals surface area contributed by atoms with Gasteiger partial charge in [-0.25, -0.2) is 9.78 Å². The van der Waals surface area contributed by atoms with Gasteiger partial charge in [0.2, 0.25) is 41.4 Å². The van der Waals surface area contributed by atoms with Gasteiger partial charge in [-0.1, -0.05) is 61.8 Å². The molecule has 0 radical (unpaired) electrons. The van der Waals surface area contributed by atoms with Crippen LogP contribution >= 0.6 is 22.9 Å². The first-order valence-electron chi connectivity index (χ1n) is 30.8. The molecular weight excluding hydrogens is 1170 g/mol. The van der Waals surface area contributed by atoms with Gasteiger partial charge in [0, 0.05) is 70.2 Å². The summed E-state index contributed by atoms with van der Waals surface area (Å²) in [6.45, 7) is 15.0. The van der Waals surface area contributed by atoms with E-state index in [1.165, 1.54) is 21.6 Å². The number of aliphatic hydroxyl groups is 1. The quantitative estimate of drug-likeness (QED) is 0.0764. The molecule has 2 aromatic carbocycles. The first-order valence-corrected chi connectivity index (χ1v) is 32.1. The Bertz CT molecular complexity index is 3150. The number of nitrogens with one attached hydrogen (secondary N) is 4. The number of carbonyl (C=O) groups excluding carboxylic acids is 8. The molecule has 8 atom stereocenters. The number of nitrogens with two attached hydrogens (primary N) is 1. The van der Waals surface area contributed by atoms with Crippen LogP contribution in [0.25, 0.3) is 10.4 Å². The fraction of sp³-hybridized carbons (Fsp3) is 0.603. The van der Waals surface area contributed by atoms with E-state index in [0.717, 1.165) is 51.5 Å². The molecule has 0 spiro atoms. The van der Waals surface area contributed by atoms with Crippen molar-refractivity contribution in [2.24, 2.45) is 17.1 Å². The summed E-state index contributed by atoms with van der Waals surface area (Å²) in [5, 5.41) is 24.1. The number of halogens is 1. The summed E-state index contributed by atoms with van der Waals surface area (Å²) in [5.74, 6) is -1.91. The van der Waals surface area contributed by atoms with Gasteiger partial charge < -0.3 is 61.3 Å². The highest BCUT2D eigenvalue weighted by Crippen LogP contribution is 2.45. The number of thiazole rings is 1. The number of hydrogen-bond donors (Lipinski definition) is 6. The molecule has 88 heavy (non-hydrogen) atoms. The number of rotatable bonds is 20. The van der Waals surface area contributed by atoms with Crippen LogP contribution in [0, 0.1) is 18.3 Å². The SMILES string of the molecule is CC(=O)N1CC[C@H]2CC[C@@H](C(=O)N[C@@H](CCC(N)=O)COc3cccc(CCCCC(=O)N4CC5=C(C6CC6)NN(C)N5[C@H](C(=O)N5C[C@H](O)C[C@H]5C(=O)N[C@@H](C)c5ccc(-c6scnc6C)cc5)C(C)(C)C4)c3Cl)N2C(=O)C(NC(=O)OC(C)(C)C)C1. The summed E-state index contributed by atoms with van der Waals surface area (Å²) >= 11 is 8.59. The number of aliphatic hydroxyl groups excluding tert-OH is 1. The maximum Gasteiger partial charge on any atom is 0.408 e. The number of likely N-dealkylation sites (tertiary alicyclic amines) is 1. The number of unbranched alkanes of at least 4 members (excludes halogenated alkanes) is 1.